The maximum atomic E-state index is 11.0. The molecule has 1 N–H and O–H groups in total. The minimum Gasteiger partial charge on any atom is -0.481 e. The van der Waals surface area contributed by atoms with Gasteiger partial charge in [0, 0.05) is 5.69 Å². The highest BCUT2D eigenvalue weighted by Crippen LogP contribution is 2.27. The number of pyridine rings is 1. The first-order valence-electron chi connectivity index (χ1n) is 6.06. The number of aromatic nitrogens is 2. The second-order valence-electron chi connectivity index (χ2n) is 4.24. The predicted octanol–water partition coefficient (Wildman–Crippen LogP) is 2.28. The highest BCUT2D eigenvalue weighted by molar-refractivity contribution is 5.83. The molecule has 96 valence electrons. The molecule has 0 saturated heterocycles. The number of fused-ring (bicyclic) bond motifs is 1. The predicted molar refractivity (Wildman–Crippen MR) is 66.6 cm³/mol. The number of aryl methyl sites for hydroxylation is 3. The van der Waals surface area contributed by atoms with Crippen molar-refractivity contribution in [3.05, 3.63) is 22.5 Å². The van der Waals surface area contributed by atoms with Gasteiger partial charge in [0.1, 0.15) is 0 Å². The molecule has 2 rings (SSSR count). The van der Waals surface area contributed by atoms with Crippen molar-refractivity contribution in [1.29, 1.82) is 0 Å². The lowest BCUT2D eigenvalue weighted by molar-refractivity contribution is -0.136. The molecule has 18 heavy (non-hydrogen) atoms. The van der Waals surface area contributed by atoms with Crippen molar-refractivity contribution in [2.45, 2.75) is 40.0 Å². The van der Waals surface area contributed by atoms with Crippen LogP contribution in [-0.2, 0) is 24.1 Å². The molecular weight excluding hydrogens is 232 g/mol. The Kier molecular flexibility index (Phi) is 3.32. The monoisotopic (exact) mass is 248 g/mol. The van der Waals surface area contributed by atoms with Crippen LogP contribution in [0.4, 0.5) is 0 Å². The Morgan fingerprint density at radius 1 is 1.28 bits per heavy atom. The van der Waals surface area contributed by atoms with Crippen molar-refractivity contribution in [2.75, 3.05) is 0 Å². The number of rotatable bonds is 4. The number of carboxylic acids is 1. The van der Waals surface area contributed by atoms with E-state index in [1.165, 1.54) is 0 Å². The summed E-state index contributed by atoms with van der Waals surface area (Å²) in [4.78, 5) is 15.4. The van der Waals surface area contributed by atoms with Gasteiger partial charge in [-0.2, -0.15) is 0 Å². The average Bonchev–Trinajstić information content (AvgIpc) is 2.69. The molecule has 2 aromatic rings. The maximum absolute atomic E-state index is 11.0. The summed E-state index contributed by atoms with van der Waals surface area (Å²) >= 11 is 0. The standard InChI is InChI=1S/C13H16N2O3/c1-4-8-9(6-11(16)17)10(5-2)14-13-12(8)7(3)15-18-13/h4-6H2,1-3H3,(H,16,17). The molecule has 0 radical (unpaired) electrons. The summed E-state index contributed by atoms with van der Waals surface area (Å²) in [6.07, 6.45) is 1.43. The van der Waals surface area contributed by atoms with Crippen LogP contribution in [0.15, 0.2) is 4.52 Å². The molecule has 5 heteroatoms. The summed E-state index contributed by atoms with van der Waals surface area (Å²) in [7, 11) is 0. The van der Waals surface area contributed by atoms with Crippen LogP contribution in [-0.4, -0.2) is 21.2 Å². The molecule has 0 saturated carbocycles. The summed E-state index contributed by atoms with van der Waals surface area (Å²) < 4.78 is 5.19. The third-order valence-corrected chi connectivity index (χ3v) is 3.11. The number of hydrogen-bond acceptors (Lipinski definition) is 4. The van der Waals surface area contributed by atoms with E-state index in [1.807, 2.05) is 20.8 Å². The van der Waals surface area contributed by atoms with E-state index >= 15 is 0 Å². The maximum Gasteiger partial charge on any atom is 0.307 e. The van der Waals surface area contributed by atoms with Crippen LogP contribution in [0.2, 0.25) is 0 Å². The van der Waals surface area contributed by atoms with E-state index in [2.05, 4.69) is 10.1 Å². The van der Waals surface area contributed by atoms with Crippen molar-refractivity contribution in [3.63, 3.8) is 0 Å². The Balaban J connectivity index is 2.77. The van der Waals surface area contributed by atoms with Gasteiger partial charge in [-0.3, -0.25) is 4.79 Å². The van der Waals surface area contributed by atoms with E-state index in [9.17, 15) is 4.79 Å². The minimum atomic E-state index is -0.838. The summed E-state index contributed by atoms with van der Waals surface area (Å²) in [6, 6.07) is 0. The zero-order valence-corrected chi connectivity index (χ0v) is 10.8. The molecule has 0 amide bonds. The van der Waals surface area contributed by atoms with E-state index in [-0.39, 0.29) is 6.42 Å². The third kappa shape index (κ3) is 1.96. The van der Waals surface area contributed by atoms with Gasteiger partial charge in [-0.1, -0.05) is 19.0 Å². The molecule has 0 aliphatic rings. The Hall–Kier alpha value is -1.91. The second-order valence-corrected chi connectivity index (χ2v) is 4.24. The van der Waals surface area contributed by atoms with Gasteiger partial charge in [0.25, 0.3) is 5.71 Å². The van der Waals surface area contributed by atoms with E-state index in [1.54, 1.807) is 0 Å². The number of hydrogen-bond donors (Lipinski definition) is 1. The molecule has 2 aromatic heterocycles. The van der Waals surface area contributed by atoms with Crippen molar-refractivity contribution in [2.24, 2.45) is 0 Å². The summed E-state index contributed by atoms with van der Waals surface area (Å²) in [5, 5.41) is 13.8. The third-order valence-electron chi connectivity index (χ3n) is 3.11. The zero-order chi connectivity index (χ0) is 13.3. The lowest BCUT2D eigenvalue weighted by Crippen LogP contribution is -2.09. The topological polar surface area (TPSA) is 76.2 Å². The van der Waals surface area contributed by atoms with Gasteiger partial charge in [0.15, 0.2) is 0 Å². The van der Waals surface area contributed by atoms with Crippen LogP contribution in [0.25, 0.3) is 11.1 Å². The largest absolute Gasteiger partial charge is 0.481 e. The van der Waals surface area contributed by atoms with Gasteiger partial charge in [-0.15, -0.1) is 0 Å². The van der Waals surface area contributed by atoms with Gasteiger partial charge >= 0.3 is 5.97 Å². The number of carboxylic acid groups (broad SMARTS) is 1. The second kappa shape index (κ2) is 4.76. The molecule has 0 aliphatic carbocycles. The van der Waals surface area contributed by atoms with Crippen LogP contribution in [0.5, 0.6) is 0 Å². The van der Waals surface area contributed by atoms with Crippen LogP contribution in [0.1, 0.15) is 36.4 Å². The van der Waals surface area contributed by atoms with Crippen LogP contribution in [0, 0.1) is 6.92 Å². The van der Waals surface area contributed by atoms with Gasteiger partial charge in [0.05, 0.1) is 17.5 Å². The van der Waals surface area contributed by atoms with Crippen molar-refractivity contribution >= 4 is 17.1 Å². The first-order chi connectivity index (χ1) is 8.58. The molecule has 0 aliphatic heterocycles. The molecule has 2 heterocycles. The molecule has 0 aromatic carbocycles. The van der Waals surface area contributed by atoms with Gasteiger partial charge in [-0.05, 0) is 30.9 Å². The fourth-order valence-corrected chi connectivity index (χ4v) is 2.34. The lowest BCUT2D eigenvalue weighted by atomic mass is 9.96. The van der Waals surface area contributed by atoms with E-state index in [0.717, 1.165) is 34.3 Å². The first kappa shape index (κ1) is 12.5. The van der Waals surface area contributed by atoms with Crippen LogP contribution < -0.4 is 0 Å². The lowest BCUT2D eigenvalue weighted by Gasteiger charge is -2.11. The van der Waals surface area contributed by atoms with E-state index in [4.69, 9.17) is 9.63 Å². The Morgan fingerprint density at radius 2 is 2.00 bits per heavy atom. The summed E-state index contributed by atoms with van der Waals surface area (Å²) in [6.45, 7) is 5.82. The fourth-order valence-electron chi connectivity index (χ4n) is 2.34. The number of carbonyl (C=O) groups is 1. The SMILES string of the molecule is CCc1nc2onc(C)c2c(CC)c1CC(=O)O. The Morgan fingerprint density at radius 3 is 2.56 bits per heavy atom. The molecule has 0 fully saturated rings. The molecule has 0 bridgehead atoms. The van der Waals surface area contributed by atoms with Crippen molar-refractivity contribution < 1.29 is 14.4 Å². The first-order valence-corrected chi connectivity index (χ1v) is 6.06. The number of aliphatic carboxylic acids is 1. The molecule has 5 nitrogen and oxygen atoms in total. The molecule has 0 spiro atoms. The smallest absolute Gasteiger partial charge is 0.307 e. The van der Waals surface area contributed by atoms with E-state index < -0.39 is 5.97 Å². The van der Waals surface area contributed by atoms with Gasteiger partial charge in [-0.25, -0.2) is 4.98 Å². The summed E-state index contributed by atoms with van der Waals surface area (Å²) in [5.41, 5.74) is 3.88. The van der Waals surface area contributed by atoms with Gasteiger partial charge in [0.2, 0.25) is 0 Å². The summed E-state index contributed by atoms with van der Waals surface area (Å²) in [5.74, 6) is -0.838. The Bertz CT molecular complexity index is 602. The van der Waals surface area contributed by atoms with Gasteiger partial charge < -0.3 is 9.63 Å². The molecule has 0 atom stereocenters. The fraction of sp³-hybridized carbons (Fsp3) is 0.462. The molecule has 0 unspecified atom stereocenters. The van der Waals surface area contributed by atoms with Crippen molar-refractivity contribution in [1.82, 2.24) is 10.1 Å². The Labute approximate surface area is 105 Å². The minimum absolute atomic E-state index is 0.0000926. The highest BCUT2D eigenvalue weighted by atomic mass is 16.5. The normalized spacial score (nSPS) is 11.1. The molecular formula is C13H16N2O3. The highest BCUT2D eigenvalue weighted by Gasteiger charge is 2.19. The van der Waals surface area contributed by atoms with Crippen molar-refractivity contribution in [3.8, 4) is 0 Å². The van der Waals surface area contributed by atoms with E-state index in [0.29, 0.717) is 12.1 Å². The van der Waals surface area contributed by atoms with Crippen LogP contribution >= 0.6 is 0 Å². The van der Waals surface area contributed by atoms with Crippen LogP contribution in [0.3, 0.4) is 0 Å². The zero-order valence-electron chi connectivity index (χ0n) is 10.8. The number of nitrogens with zero attached hydrogens (tertiary/aromatic N) is 2. The average molecular weight is 248 g/mol. The quantitative estimate of drug-likeness (QED) is 0.898.